The van der Waals surface area contributed by atoms with Crippen molar-refractivity contribution in [2.75, 3.05) is 0 Å². The zero-order valence-electron chi connectivity index (χ0n) is 15.0. The number of phenolic OH excluding ortho intramolecular Hbond substituents is 1. The molecule has 1 heterocycles. The van der Waals surface area contributed by atoms with E-state index in [1.165, 1.54) is 18.3 Å². The van der Waals surface area contributed by atoms with Crippen molar-refractivity contribution in [2.45, 2.75) is 26.3 Å². The number of aromatic nitrogens is 1. The van der Waals surface area contributed by atoms with Crippen LogP contribution in [0, 0.1) is 17.0 Å². The monoisotopic (exact) mass is 365 g/mol. The van der Waals surface area contributed by atoms with Gasteiger partial charge >= 0.3 is 0 Å². The number of pyridine rings is 1. The predicted molar refractivity (Wildman–Crippen MR) is 102 cm³/mol. The minimum atomic E-state index is -0.733. The summed E-state index contributed by atoms with van der Waals surface area (Å²) in [6, 6.07) is 11.1. The molecule has 0 fully saturated rings. The van der Waals surface area contributed by atoms with Crippen LogP contribution >= 0.6 is 0 Å². The number of nitro benzene ring substituents is 1. The van der Waals surface area contributed by atoms with Gasteiger partial charge in [-0.2, -0.15) is 0 Å². The van der Waals surface area contributed by atoms with Crippen LogP contribution in [0.5, 0.6) is 5.75 Å². The van der Waals surface area contributed by atoms with Gasteiger partial charge in [0.15, 0.2) is 0 Å². The third-order valence-electron chi connectivity index (χ3n) is 4.42. The number of aryl methyl sites for hydroxylation is 1. The fraction of sp³-hybridized carbons (Fsp3) is 0.200. The smallest absolute Gasteiger partial charge is 0.279 e. The highest BCUT2D eigenvalue weighted by Gasteiger charge is 2.26. The Kier molecular flexibility index (Phi) is 5.03. The summed E-state index contributed by atoms with van der Waals surface area (Å²) < 4.78 is 0. The van der Waals surface area contributed by atoms with Gasteiger partial charge < -0.3 is 10.4 Å². The van der Waals surface area contributed by atoms with Gasteiger partial charge in [-0.15, -0.1) is 0 Å². The van der Waals surface area contributed by atoms with Crippen molar-refractivity contribution in [1.82, 2.24) is 10.3 Å². The van der Waals surface area contributed by atoms with Gasteiger partial charge in [0.05, 0.1) is 16.4 Å². The number of hydrogen-bond acceptors (Lipinski definition) is 5. The fourth-order valence-electron chi connectivity index (χ4n) is 2.96. The van der Waals surface area contributed by atoms with Crippen molar-refractivity contribution in [2.24, 2.45) is 0 Å². The maximum Gasteiger partial charge on any atom is 0.279 e. The maximum absolute atomic E-state index is 12.1. The van der Waals surface area contributed by atoms with Crippen molar-refractivity contribution in [3.63, 3.8) is 0 Å². The Hall–Kier alpha value is -3.48. The SMILES string of the molecule is CCC(=O)N[C@H](c1ccc(C)cc1)c1cc([N+](=O)[O-])c2cccnc2c1O. The Morgan fingerprint density at radius 2 is 2.00 bits per heavy atom. The van der Waals surface area contributed by atoms with E-state index < -0.39 is 11.0 Å². The number of aromatic hydroxyl groups is 1. The third kappa shape index (κ3) is 3.57. The first-order valence-electron chi connectivity index (χ1n) is 8.53. The third-order valence-corrected chi connectivity index (χ3v) is 4.42. The molecule has 0 aliphatic rings. The van der Waals surface area contributed by atoms with E-state index in [0.29, 0.717) is 5.56 Å². The molecule has 0 aliphatic heterocycles. The quantitative estimate of drug-likeness (QED) is 0.529. The van der Waals surface area contributed by atoms with Gasteiger partial charge in [-0.05, 0) is 24.6 Å². The van der Waals surface area contributed by atoms with E-state index in [4.69, 9.17) is 0 Å². The van der Waals surface area contributed by atoms with Crippen molar-refractivity contribution >= 4 is 22.5 Å². The molecule has 0 unspecified atom stereocenters. The lowest BCUT2D eigenvalue weighted by Crippen LogP contribution is -2.28. The van der Waals surface area contributed by atoms with E-state index in [-0.39, 0.29) is 40.2 Å². The Balaban J connectivity index is 2.26. The average molecular weight is 365 g/mol. The van der Waals surface area contributed by atoms with Gasteiger partial charge in [0.25, 0.3) is 5.69 Å². The van der Waals surface area contributed by atoms with E-state index in [1.54, 1.807) is 13.0 Å². The molecule has 0 saturated carbocycles. The Morgan fingerprint density at radius 3 is 2.63 bits per heavy atom. The zero-order valence-corrected chi connectivity index (χ0v) is 15.0. The Morgan fingerprint density at radius 1 is 1.30 bits per heavy atom. The van der Waals surface area contributed by atoms with Crippen LogP contribution in [0.3, 0.4) is 0 Å². The van der Waals surface area contributed by atoms with Gasteiger partial charge in [0.2, 0.25) is 5.91 Å². The number of non-ortho nitro benzene ring substituents is 1. The number of carbonyl (C=O) groups is 1. The number of nitrogens with zero attached hydrogens (tertiary/aromatic N) is 2. The molecular formula is C20H19N3O4. The molecule has 27 heavy (non-hydrogen) atoms. The molecule has 3 aromatic rings. The van der Waals surface area contributed by atoms with Gasteiger partial charge in [-0.3, -0.25) is 19.9 Å². The molecule has 0 bridgehead atoms. The minimum Gasteiger partial charge on any atom is -0.505 e. The molecule has 0 aliphatic carbocycles. The summed E-state index contributed by atoms with van der Waals surface area (Å²) in [6.07, 6.45) is 1.71. The first-order valence-corrected chi connectivity index (χ1v) is 8.53. The maximum atomic E-state index is 12.1. The molecule has 138 valence electrons. The van der Waals surface area contributed by atoms with Crippen LogP contribution in [0.1, 0.15) is 36.1 Å². The molecule has 2 aromatic carbocycles. The summed E-state index contributed by atoms with van der Waals surface area (Å²) in [5.41, 5.74) is 1.94. The van der Waals surface area contributed by atoms with Crippen molar-refractivity contribution in [3.05, 3.63) is 75.5 Å². The second-order valence-corrected chi connectivity index (χ2v) is 6.25. The lowest BCUT2D eigenvalue weighted by atomic mass is 9.94. The Labute approximate surface area is 155 Å². The lowest BCUT2D eigenvalue weighted by Gasteiger charge is -2.21. The second-order valence-electron chi connectivity index (χ2n) is 6.25. The van der Waals surface area contributed by atoms with E-state index in [2.05, 4.69) is 10.3 Å². The summed E-state index contributed by atoms with van der Waals surface area (Å²) >= 11 is 0. The highest BCUT2D eigenvalue weighted by Crippen LogP contribution is 2.39. The average Bonchev–Trinajstić information content (AvgIpc) is 2.67. The van der Waals surface area contributed by atoms with Crippen LogP contribution in [0.2, 0.25) is 0 Å². The predicted octanol–water partition coefficient (Wildman–Crippen LogP) is 3.77. The van der Waals surface area contributed by atoms with Crippen molar-refractivity contribution in [1.29, 1.82) is 0 Å². The highest BCUT2D eigenvalue weighted by molar-refractivity contribution is 5.93. The molecule has 0 radical (unpaired) electrons. The van der Waals surface area contributed by atoms with E-state index >= 15 is 0 Å². The summed E-state index contributed by atoms with van der Waals surface area (Å²) in [5.74, 6) is -0.415. The number of hydrogen-bond donors (Lipinski definition) is 2. The van der Waals surface area contributed by atoms with Crippen LogP contribution in [0.4, 0.5) is 5.69 Å². The molecule has 7 heteroatoms. The molecule has 1 atom stereocenters. The number of benzene rings is 2. The molecule has 0 saturated heterocycles. The second kappa shape index (κ2) is 7.41. The van der Waals surface area contributed by atoms with Gasteiger partial charge in [-0.1, -0.05) is 36.8 Å². The molecule has 2 N–H and O–H groups in total. The number of nitrogens with one attached hydrogen (secondary N) is 1. The molecule has 1 amide bonds. The number of carbonyl (C=O) groups excluding carboxylic acids is 1. The molecule has 7 nitrogen and oxygen atoms in total. The molecular weight excluding hydrogens is 346 g/mol. The van der Waals surface area contributed by atoms with E-state index in [9.17, 15) is 20.0 Å². The first-order chi connectivity index (χ1) is 12.9. The molecule has 1 aromatic heterocycles. The minimum absolute atomic E-state index is 0.129. The van der Waals surface area contributed by atoms with Crippen LogP contribution in [-0.4, -0.2) is 20.9 Å². The summed E-state index contributed by atoms with van der Waals surface area (Å²) in [5, 5.41) is 25.4. The van der Waals surface area contributed by atoms with Crippen LogP contribution in [0.15, 0.2) is 48.7 Å². The Bertz CT molecular complexity index is 1020. The van der Waals surface area contributed by atoms with Crippen molar-refractivity contribution in [3.8, 4) is 5.75 Å². The lowest BCUT2D eigenvalue weighted by molar-refractivity contribution is -0.383. The number of phenols is 1. The normalized spacial score (nSPS) is 11.9. The van der Waals surface area contributed by atoms with Crippen LogP contribution in [-0.2, 0) is 4.79 Å². The van der Waals surface area contributed by atoms with E-state index in [0.717, 1.165) is 5.56 Å². The van der Waals surface area contributed by atoms with Gasteiger partial charge in [0, 0.05) is 24.2 Å². The number of fused-ring (bicyclic) bond motifs is 1. The molecule has 3 rings (SSSR count). The zero-order chi connectivity index (χ0) is 19.6. The van der Waals surface area contributed by atoms with Gasteiger partial charge in [-0.25, -0.2) is 0 Å². The summed E-state index contributed by atoms with van der Waals surface area (Å²) in [6.45, 7) is 3.65. The fourth-order valence-corrected chi connectivity index (χ4v) is 2.96. The summed E-state index contributed by atoms with van der Waals surface area (Å²) in [4.78, 5) is 27.3. The van der Waals surface area contributed by atoms with Gasteiger partial charge in [0.1, 0.15) is 11.3 Å². The van der Waals surface area contributed by atoms with Crippen LogP contribution in [0.25, 0.3) is 10.9 Å². The number of amides is 1. The summed E-state index contributed by atoms with van der Waals surface area (Å²) in [7, 11) is 0. The number of nitro groups is 1. The number of rotatable bonds is 5. The van der Waals surface area contributed by atoms with E-state index in [1.807, 2.05) is 31.2 Å². The highest BCUT2D eigenvalue weighted by atomic mass is 16.6. The standard InChI is InChI=1S/C20H19N3O4/c1-3-17(24)22-18(13-8-6-12(2)7-9-13)15-11-16(23(26)27)14-5-4-10-21-19(14)20(15)25/h4-11,18,25H,3H2,1-2H3,(H,22,24)/t18-/m1/s1. The molecule has 0 spiro atoms. The topological polar surface area (TPSA) is 105 Å². The largest absolute Gasteiger partial charge is 0.505 e. The van der Waals surface area contributed by atoms with Crippen LogP contribution < -0.4 is 5.32 Å². The van der Waals surface area contributed by atoms with Crippen molar-refractivity contribution < 1.29 is 14.8 Å². The first kappa shape index (κ1) is 18.3.